The third-order valence-corrected chi connectivity index (χ3v) is 1.60. The zero-order valence-corrected chi connectivity index (χ0v) is 7.56. The molecule has 5 nitrogen and oxygen atoms in total. The first-order valence-electron chi connectivity index (χ1n) is 3.95. The van der Waals surface area contributed by atoms with Crippen LogP contribution in [0.2, 0.25) is 0 Å². The second-order valence-electron chi connectivity index (χ2n) is 3.00. The summed E-state index contributed by atoms with van der Waals surface area (Å²) in [7, 11) is 0. The molecule has 0 N–H and O–H groups in total. The van der Waals surface area contributed by atoms with Gasteiger partial charge in [-0.1, -0.05) is 13.8 Å². The maximum Gasteiger partial charge on any atom is 0.252 e. The molecule has 0 saturated carbocycles. The maximum absolute atomic E-state index is 11.2. The highest BCUT2D eigenvalue weighted by molar-refractivity contribution is 5.79. The van der Waals surface area contributed by atoms with Crippen molar-refractivity contribution < 1.29 is 4.79 Å². The van der Waals surface area contributed by atoms with E-state index in [9.17, 15) is 4.79 Å². The molecule has 0 spiro atoms. The number of rotatable bonds is 3. The second-order valence-corrected chi connectivity index (χ2v) is 3.00. The molecule has 68 valence electrons. The first kappa shape index (κ1) is 9.39. The smallest absolute Gasteiger partial charge is 0.252 e. The van der Waals surface area contributed by atoms with E-state index in [0.29, 0.717) is 0 Å². The van der Waals surface area contributed by atoms with Gasteiger partial charge in [0.1, 0.15) is 18.9 Å². The van der Waals surface area contributed by atoms with Crippen LogP contribution in [0, 0.1) is 17.2 Å². The molecule has 0 bridgehead atoms. The van der Waals surface area contributed by atoms with Gasteiger partial charge in [-0.25, -0.2) is 9.67 Å². The lowest BCUT2D eigenvalue weighted by atomic mass is 10.1. The van der Waals surface area contributed by atoms with E-state index in [1.165, 1.54) is 11.0 Å². The monoisotopic (exact) mass is 178 g/mol. The minimum Gasteiger partial charge on any atom is -0.297 e. The van der Waals surface area contributed by atoms with Crippen molar-refractivity contribution in [2.24, 2.45) is 5.92 Å². The number of nitriles is 1. The van der Waals surface area contributed by atoms with Gasteiger partial charge in [0.25, 0.3) is 5.82 Å². The van der Waals surface area contributed by atoms with Gasteiger partial charge in [0, 0.05) is 5.92 Å². The first-order chi connectivity index (χ1) is 6.13. The van der Waals surface area contributed by atoms with Crippen LogP contribution >= 0.6 is 0 Å². The molecule has 1 rings (SSSR count). The largest absolute Gasteiger partial charge is 0.297 e. The van der Waals surface area contributed by atoms with Crippen LogP contribution in [0.4, 0.5) is 0 Å². The van der Waals surface area contributed by atoms with E-state index < -0.39 is 0 Å². The summed E-state index contributed by atoms with van der Waals surface area (Å²) in [6, 6.07) is 1.80. The normalized spacial score (nSPS) is 10.0. The molecule has 1 heterocycles. The van der Waals surface area contributed by atoms with Gasteiger partial charge in [-0.15, -0.1) is 5.10 Å². The number of carbonyl (C=O) groups is 1. The predicted molar refractivity (Wildman–Crippen MR) is 44.6 cm³/mol. The zero-order chi connectivity index (χ0) is 9.84. The molecule has 0 amide bonds. The van der Waals surface area contributed by atoms with Crippen LogP contribution < -0.4 is 0 Å². The van der Waals surface area contributed by atoms with E-state index >= 15 is 0 Å². The van der Waals surface area contributed by atoms with E-state index in [1.54, 1.807) is 6.07 Å². The van der Waals surface area contributed by atoms with Gasteiger partial charge < -0.3 is 0 Å². The molecule has 0 aliphatic heterocycles. The van der Waals surface area contributed by atoms with Crippen LogP contribution in [0.1, 0.15) is 19.7 Å². The van der Waals surface area contributed by atoms with Crippen LogP contribution in [-0.4, -0.2) is 20.5 Å². The van der Waals surface area contributed by atoms with Gasteiger partial charge in [0.15, 0.2) is 5.78 Å². The summed E-state index contributed by atoms with van der Waals surface area (Å²) in [4.78, 5) is 14.9. The molecular formula is C8H10N4O. The van der Waals surface area contributed by atoms with Crippen molar-refractivity contribution in [3.8, 4) is 6.07 Å². The number of aromatic nitrogens is 3. The van der Waals surface area contributed by atoms with Gasteiger partial charge in [0.05, 0.1) is 0 Å². The van der Waals surface area contributed by atoms with Crippen molar-refractivity contribution >= 4 is 5.78 Å². The second kappa shape index (κ2) is 3.81. The molecule has 0 atom stereocenters. The van der Waals surface area contributed by atoms with Crippen molar-refractivity contribution in [2.45, 2.75) is 20.4 Å². The third-order valence-electron chi connectivity index (χ3n) is 1.60. The van der Waals surface area contributed by atoms with E-state index in [2.05, 4.69) is 10.1 Å². The fourth-order valence-corrected chi connectivity index (χ4v) is 0.764. The summed E-state index contributed by atoms with van der Waals surface area (Å²) in [5.74, 6) is 0.153. The highest BCUT2D eigenvalue weighted by Gasteiger charge is 2.09. The Balaban J connectivity index is 2.65. The Kier molecular flexibility index (Phi) is 2.75. The summed E-state index contributed by atoms with van der Waals surface area (Å²) in [5, 5.41) is 12.2. The molecule has 0 aliphatic rings. The summed E-state index contributed by atoms with van der Waals surface area (Å²) in [6.07, 6.45) is 1.39. The summed E-state index contributed by atoms with van der Waals surface area (Å²) >= 11 is 0. The Labute approximate surface area is 76.0 Å². The number of ketones is 1. The fourth-order valence-electron chi connectivity index (χ4n) is 0.764. The quantitative estimate of drug-likeness (QED) is 0.670. The average molecular weight is 178 g/mol. The van der Waals surface area contributed by atoms with Gasteiger partial charge in [-0.3, -0.25) is 4.79 Å². The minimum atomic E-state index is -0.0188. The highest BCUT2D eigenvalue weighted by Crippen LogP contribution is 1.97. The van der Waals surface area contributed by atoms with Gasteiger partial charge >= 0.3 is 0 Å². The molecule has 0 fully saturated rings. The molecule has 0 saturated heterocycles. The zero-order valence-electron chi connectivity index (χ0n) is 7.56. The number of Topliss-reactive ketones (excluding diaryl/α,β-unsaturated/α-hetero) is 1. The molecule has 0 unspecified atom stereocenters. The number of hydrogen-bond donors (Lipinski definition) is 0. The molecule has 1 aromatic rings. The number of carbonyl (C=O) groups excluding carboxylic acids is 1. The summed E-state index contributed by atoms with van der Waals surface area (Å²) in [5.41, 5.74) is 0. The summed E-state index contributed by atoms with van der Waals surface area (Å²) < 4.78 is 1.38. The minimum absolute atomic E-state index is 0.0188. The van der Waals surface area contributed by atoms with Crippen LogP contribution in [0.15, 0.2) is 6.33 Å². The third kappa shape index (κ3) is 2.37. The van der Waals surface area contributed by atoms with E-state index in [4.69, 9.17) is 5.26 Å². The standard InChI is InChI=1S/C8H10N4O/c1-6(2)7(13)4-12-5-10-8(3-9)11-12/h5-6H,4H2,1-2H3. The van der Waals surface area contributed by atoms with Gasteiger partial charge in [-0.05, 0) is 0 Å². The number of hydrogen-bond acceptors (Lipinski definition) is 4. The van der Waals surface area contributed by atoms with Crippen molar-refractivity contribution in [1.82, 2.24) is 14.8 Å². The Hall–Kier alpha value is -1.70. The van der Waals surface area contributed by atoms with E-state index in [0.717, 1.165) is 0 Å². The fraction of sp³-hybridized carbons (Fsp3) is 0.500. The topological polar surface area (TPSA) is 71.6 Å². The maximum atomic E-state index is 11.2. The Bertz CT molecular complexity index is 347. The molecule has 5 heteroatoms. The van der Waals surface area contributed by atoms with Crippen molar-refractivity contribution in [3.63, 3.8) is 0 Å². The first-order valence-corrected chi connectivity index (χ1v) is 3.95. The molecule has 0 aromatic carbocycles. The van der Waals surface area contributed by atoms with Crippen molar-refractivity contribution in [2.75, 3.05) is 0 Å². The lowest BCUT2D eigenvalue weighted by Gasteiger charge is -2.02. The Morgan fingerprint density at radius 3 is 2.92 bits per heavy atom. The lowest BCUT2D eigenvalue weighted by molar-refractivity contribution is -0.122. The molecule has 1 aromatic heterocycles. The highest BCUT2D eigenvalue weighted by atomic mass is 16.1. The molecule has 0 aliphatic carbocycles. The van der Waals surface area contributed by atoms with Crippen LogP contribution in [0.3, 0.4) is 0 Å². The Morgan fingerprint density at radius 2 is 2.46 bits per heavy atom. The van der Waals surface area contributed by atoms with E-state index in [1.807, 2.05) is 13.8 Å². The Morgan fingerprint density at radius 1 is 1.77 bits per heavy atom. The van der Waals surface area contributed by atoms with Gasteiger partial charge in [-0.2, -0.15) is 5.26 Å². The summed E-state index contributed by atoms with van der Waals surface area (Å²) in [6.45, 7) is 3.83. The van der Waals surface area contributed by atoms with Crippen molar-refractivity contribution in [3.05, 3.63) is 12.2 Å². The lowest BCUT2D eigenvalue weighted by Crippen LogP contribution is -2.15. The average Bonchev–Trinajstić information content (AvgIpc) is 2.52. The van der Waals surface area contributed by atoms with Crippen LogP contribution in [0.5, 0.6) is 0 Å². The molecule has 13 heavy (non-hydrogen) atoms. The van der Waals surface area contributed by atoms with Gasteiger partial charge in [0.2, 0.25) is 0 Å². The predicted octanol–water partition coefficient (Wildman–Crippen LogP) is 0.375. The molecular weight excluding hydrogens is 168 g/mol. The van der Waals surface area contributed by atoms with Crippen molar-refractivity contribution in [1.29, 1.82) is 5.26 Å². The van der Waals surface area contributed by atoms with Crippen LogP contribution in [0.25, 0.3) is 0 Å². The SMILES string of the molecule is CC(C)C(=O)Cn1cnc(C#N)n1. The number of nitrogens with zero attached hydrogens (tertiary/aromatic N) is 4. The molecule has 0 radical (unpaired) electrons. The van der Waals surface area contributed by atoms with E-state index in [-0.39, 0.29) is 24.1 Å². The van der Waals surface area contributed by atoms with Crippen LogP contribution in [-0.2, 0) is 11.3 Å².